The summed E-state index contributed by atoms with van der Waals surface area (Å²) in [6.45, 7) is 1.23. The van der Waals surface area contributed by atoms with Crippen LogP contribution in [0.1, 0.15) is 5.56 Å². The summed E-state index contributed by atoms with van der Waals surface area (Å²) in [6.07, 6.45) is 0.00485. The summed E-state index contributed by atoms with van der Waals surface area (Å²) in [5.41, 5.74) is 1.61. The quantitative estimate of drug-likeness (QED) is 0.461. The first-order valence-electron chi connectivity index (χ1n) is 10.0. The van der Waals surface area contributed by atoms with Gasteiger partial charge in [0.2, 0.25) is 5.91 Å². The molecule has 0 atom stereocenters. The van der Waals surface area contributed by atoms with E-state index >= 15 is 0 Å². The number of para-hydroxylation sites is 1. The fourth-order valence-corrected chi connectivity index (χ4v) is 3.55. The average molecular weight is 420 g/mol. The van der Waals surface area contributed by atoms with Crippen LogP contribution in [-0.4, -0.2) is 45.1 Å². The number of carbonyl (C=O) groups excluding carboxylic acids is 1. The van der Waals surface area contributed by atoms with Crippen molar-refractivity contribution in [1.82, 2.24) is 10.2 Å². The van der Waals surface area contributed by atoms with E-state index in [1.807, 2.05) is 55.4 Å². The summed E-state index contributed by atoms with van der Waals surface area (Å²) < 4.78 is 17.0. The van der Waals surface area contributed by atoms with E-state index in [0.29, 0.717) is 45.6 Å². The van der Waals surface area contributed by atoms with Crippen LogP contribution in [0.4, 0.5) is 0 Å². The Labute approximate surface area is 179 Å². The molecule has 160 valence electrons. The minimum atomic E-state index is -0.520. The SMILES string of the molecule is COc1ccc(-c2oc3c(c2CC(=O)NCCN(C)C)c(=O)oc2ccccc23)cc1. The number of ether oxygens (including phenoxy) is 1. The lowest BCUT2D eigenvalue weighted by atomic mass is 10.0. The van der Waals surface area contributed by atoms with Crippen molar-refractivity contribution >= 4 is 27.8 Å². The molecule has 2 aromatic carbocycles. The van der Waals surface area contributed by atoms with Crippen LogP contribution < -0.4 is 15.7 Å². The van der Waals surface area contributed by atoms with Gasteiger partial charge in [0.1, 0.15) is 22.5 Å². The molecule has 7 nitrogen and oxygen atoms in total. The number of carbonyl (C=O) groups is 1. The van der Waals surface area contributed by atoms with Crippen molar-refractivity contribution in [2.24, 2.45) is 0 Å². The second kappa shape index (κ2) is 8.65. The smallest absolute Gasteiger partial charge is 0.347 e. The molecule has 2 aromatic heterocycles. The number of hydrogen-bond acceptors (Lipinski definition) is 6. The lowest BCUT2D eigenvalue weighted by Crippen LogP contribution is -2.32. The number of methoxy groups -OCH3 is 1. The molecule has 0 aliphatic rings. The van der Waals surface area contributed by atoms with Crippen molar-refractivity contribution in [2.75, 3.05) is 34.3 Å². The van der Waals surface area contributed by atoms with E-state index in [-0.39, 0.29) is 12.3 Å². The number of benzene rings is 2. The first kappa shape index (κ1) is 20.7. The summed E-state index contributed by atoms with van der Waals surface area (Å²) in [6, 6.07) is 14.5. The highest BCUT2D eigenvalue weighted by Crippen LogP contribution is 2.36. The lowest BCUT2D eigenvalue weighted by molar-refractivity contribution is -0.120. The third kappa shape index (κ3) is 4.18. The van der Waals surface area contributed by atoms with Crippen LogP contribution in [0.3, 0.4) is 0 Å². The maximum absolute atomic E-state index is 12.9. The van der Waals surface area contributed by atoms with Crippen LogP contribution in [-0.2, 0) is 11.2 Å². The minimum absolute atomic E-state index is 0.00485. The molecule has 0 saturated heterocycles. The van der Waals surface area contributed by atoms with Crippen LogP contribution in [0.15, 0.2) is 62.2 Å². The maximum atomic E-state index is 12.9. The predicted octanol–water partition coefficient (Wildman–Crippen LogP) is 3.44. The Hall–Kier alpha value is -3.58. The number of rotatable bonds is 7. The van der Waals surface area contributed by atoms with Crippen LogP contribution >= 0.6 is 0 Å². The van der Waals surface area contributed by atoms with Gasteiger partial charge in [0.15, 0.2) is 5.58 Å². The first-order valence-corrected chi connectivity index (χ1v) is 10.0. The van der Waals surface area contributed by atoms with Gasteiger partial charge in [-0.25, -0.2) is 4.79 Å². The Morgan fingerprint density at radius 2 is 1.81 bits per heavy atom. The standard InChI is InChI=1S/C24H24N2O5/c1-26(2)13-12-25-20(27)14-18-21-23(17-6-4-5-7-19(17)30-24(21)28)31-22(18)15-8-10-16(29-3)11-9-15/h4-11H,12-14H2,1-3H3,(H,25,27). The molecule has 0 fully saturated rings. The van der Waals surface area contributed by atoms with Crippen LogP contribution in [0, 0.1) is 0 Å². The van der Waals surface area contributed by atoms with Crippen molar-refractivity contribution in [3.05, 3.63) is 64.5 Å². The van der Waals surface area contributed by atoms with Gasteiger partial charge < -0.3 is 23.8 Å². The number of fused-ring (bicyclic) bond motifs is 3. The van der Waals surface area contributed by atoms with Gasteiger partial charge in [-0.3, -0.25) is 4.79 Å². The highest BCUT2D eigenvalue weighted by Gasteiger charge is 2.24. The number of nitrogens with zero attached hydrogens (tertiary/aromatic N) is 1. The number of nitrogens with one attached hydrogen (secondary N) is 1. The van der Waals surface area contributed by atoms with Crippen molar-refractivity contribution in [1.29, 1.82) is 0 Å². The second-order valence-corrected chi connectivity index (χ2v) is 7.56. The molecule has 4 rings (SSSR count). The average Bonchev–Trinajstić information content (AvgIpc) is 3.13. The van der Waals surface area contributed by atoms with Gasteiger partial charge in [-0.1, -0.05) is 12.1 Å². The van der Waals surface area contributed by atoms with E-state index in [9.17, 15) is 9.59 Å². The third-order valence-corrected chi connectivity index (χ3v) is 5.12. The second-order valence-electron chi connectivity index (χ2n) is 7.56. The minimum Gasteiger partial charge on any atom is -0.497 e. The molecule has 1 N–H and O–H groups in total. The Bertz CT molecular complexity index is 1290. The van der Waals surface area contributed by atoms with Crippen molar-refractivity contribution in [3.63, 3.8) is 0 Å². The zero-order chi connectivity index (χ0) is 22.0. The van der Waals surface area contributed by atoms with Crippen molar-refractivity contribution < 1.29 is 18.4 Å². The molecule has 0 unspecified atom stereocenters. The molecule has 7 heteroatoms. The Morgan fingerprint density at radius 3 is 2.52 bits per heavy atom. The van der Waals surface area contributed by atoms with Crippen molar-refractivity contribution in [3.8, 4) is 17.1 Å². The van der Waals surface area contributed by atoms with E-state index in [1.54, 1.807) is 19.2 Å². The van der Waals surface area contributed by atoms with Gasteiger partial charge in [-0.2, -0.15) is 0 Å². The molecule has 1 amide bonds. The monoisotopic (exact) mass is 420 g/mol. The zero-order valence-electron chi connectivity index (χ0n) is 17.7. The van der Waals surface area contributed by atoms with Gasteiger partial charge in [0, 0.05) is 24.2 Å². The van der Waals surface area contributed by atoms with Crippen LogP contribution in [0.25, 0.3) is 33.3 Å². The maximum Gasteiger partial charge on any atom is 0.347 e. The molecule has 0 spiro atoms. The molecule has 0 saturated carbocycles. The molecule has 0 aliphatic heterocycles. The van der Waals surface area contributed by atoms with Gasteiger partial charge in [-0.05, 0) is 50.5 Å². The molecule has 2 heterocycles. The summed E-state index contributed by atoms with van der Waals surface area (Å²) in [5.74, 6) is 0.990. The zero-order valence-corrected chi connectivity index (χ0v) is 17.7. The molecule has 0 aliphatic carbocycles. The van der Waals surface area contributed by atoms with Crippen LogP contribution in [0.5, 0.6) is 5.75 Å². The Balaban J connectivity index is 1.85. The topological polar surface area (TPSA) is 84.9 Å². The highest BCUT2D eigenvalue weighted by molar-refractivity contribution is 6.05. The Morgan fingerprint density at radius 1 is 1.06 bits per heavy atom. The number of likely N-dealkylation sites (N-methyl/N-ethyl adjacent to an activating group) is 1. The lowest BCUT2D eigenvalue weighted by Gasteiger charge is -2.10. The van der Waals surface area contributed by atoms with Crippen molar-refractivity contribution in [2.45, 2.75) is 6.42 Å². The molecule has 0 bridgehead atoms. The molecule has 4 aromatic rings. The molecular formula is C24H24N2O5. The Kier molecular flexibility index (Phi) is 5.77. The first-order chi connectivity index (χ1) is 15.0. The van der Waals surface area contributed by atoms with Crippen LogP contribution in [0.2, 0.25) is 0 Å². The van der Waals surface area contributed by atoms with Gasteiger partial charge in [-0.15, -0.1) is 0 Å². The van der Waals surface area contributed by atoms with E-state index in [0.717, 1.165) is 12.1 Å². The fraction of sp³-hybridized carbons (Fsp3) is 0.250. The number of furan rings is 1. The summed E-state index contributed by atoms with van der Waals surface area (Å²) >= 11 is 0. The summed E-state index contributed by atoms with van der Waals surface area (Å²) in [7, 11) is 5.47. The van der Waals surface area contributed by atoms with Gasteiger partial charge >= 0.3 is 5.63 Å². The highest BCUT2D eigenvalue weighted by atomic mass is 16.5. The van der Waals surface area contributed by atoms with Gasteiger partial charge in [0.25, 0.3) is 0 Å². The number of hydrogen-bond donors (Lipinski definition) is 1. The van der Waals surface area contributed by atoms with E-state index in [4.69, 9.17) is 13.6 Å². The predicted molar refractivity (Wildman–Crippen MR) is 120 cm³/mol. The number of amides is 1. The normalized spacial score (nSPS) is 11.4. The molecular weight excluding hydrogens is 396 g/mol. The molecule has 0 radical (unpaired) electrons. The molecule has 31 heavy (non-hydrogen) atoms. The fourth-order valence-electron chi connectivity index (χ4n) is 3.55. The van der Waals surface area contributed by atoms with E-state index in [1.165, 1.54) is 0 Å². The van der Waals surface area contributed by atoms with E-state index in [2.05, 4.69) is 5.32 Å². The summed E-state index contributed by atoms with van der Waals surface area (Å²) in [4.78, 5) is 27.5. The third-order valence-electron chi connectivity index (χ3n) is 5.12. The largest absolute Gasteiger partial charge is 0.497 e. The van der Waals surface area contributed by atoms with Gasteiger partial charge in [0.05, 0.1) is 18.9 Å². The van der Waals surface area contributed by atoms with E-state index < -0.39 is 5.63 Å². The summed E-state index contributed by atoms with van der Waals surface area (Å²) in [5, 5.41) is 3.88.